The van der Waals surface area contributed by atoms with Gasteiger partial charge in [-0.3, -0.25) is 4.79 Å². The molecule has 1 heterocycles. The Morgan fingerprint density at radius 3 is 2.40 bits per heavy atom. The number of nitrogens with zero attached hydrogens (tertiary/aromatic N) is 2. The summed E-state index contributed by atoms with van der Waals surface area (Å²) in [6.07, 6.45) is 16.5. The second-order valence-corrected chi connectivity index (χ2v) is 18.2. The number of carbonyl (C=O) groups excluding carboxylic acids is 1. The fourth-order valence-electron chi connectivity index (χ4n) is 10.8. The first-order chi connectivity index (χ1) is 30.3. The molecule has 6 atom stereocenters. The molecule has 3 aromatic carbocycles. The van der Waals surface area contributed by atoms with Crippen molar-refractivity contribution in [2.75, 3.05) is 26.4 Å². The maximum Gasteiger partial charge on any atom is 0.239 e. The zero-order valence-corrected chi connectivity index (χ0v) is 37.4. The van der Waals surface area contributed by atoms with Crippen molar-refractivity contribution in [1.82, 2.24) is 4.90 Å². The van der Waals surface area contributed by atoms with Gasteiger partial charge in [-0.2, -0.15) is 0 Å². The Labute approximate surface area is 370 Å². The van der Waals surface area contributed by atoms with E-state index in [0.717, 1.165) is 90.2 Å². The summed E-state index contributed by atoms with van der Waals surface area (Å²) in [4.78, 5) is 23.2. The zero-order chi connectivity index (χ0) is 43.5. The van der Waals surface area contributed by atoms with E-state index in [4.69, 9.17) is 24.2 Å². The van der Waals surface area contributed by atoms with Gasteiger partial charge in [0.2, 0.25) is 11.7 Å². The highest BCUT2D eigenvalue weighted by atomic mass is 16.7. The van der Waals surface area contributed by atoms with Gasteiger partial charge in [-0.1, -0.05) is 99.2 Å². The third-order valence-corrected chi connectivity index (χ3v) is 14.0. The summed E-state index contributed by atoms with van der Waals surface area (Å²) in [5.41, 5.74) is 6.29. The van der Waals surface area contributed by atoms with E-state index < -0.39 is 11.8 Å². The van der Waals surface area contributed by atoms with E-state index in [1.54, 1.807) is 6.08 Å². The third kappa shape index (κ3) is 10.3. The number of carbonyl (C=O) groups is 1. The molecule has 4 aliphatic rings. The smallest absolute Gasteiger partial charge is 0.239 e. The molecule has 2 N–H and O–H groups in total. The summed E-state index contributed by atoms with van der Waals surface area (Å²) >= 11 is 0. The minimum Gasteiger partial charge on any atom is -0.459 e. The van der Waals surface area contributed by atoms with E-state index >= 15 is 0 Å². The minimum atomic E-state index is -1.27. The molecule has 6 unspecified atom stereocenters. The van der Waals surface area contributed by atoms with Gasteiger partial charge in [-0.05, 0) is 123 Å². The van der Waals surface area contributed by atoms with Gasteiger partial charge in [0.1, 0.15) is 29.9 Å². The zero-order valence-electron chi connectivity index (χ0n) is 37.4. The molecule has 3 aromatic rings. The van der Waals surface area contributed by atoms with Crippen molar-refractivity contribution < 1.29 is 34.1 Å². The lowest BCUT2D eigenvalue weighted by Crippen LogP contribution is -2.70. The molecule has 9 nitrogen and oxygen atoms in total. The Balaban J connectivity index is 1.40. The summed E-state index contributed by atoms with van der Waals surface area (Å²) in [5.74, 6) is 1.45. The van der Waals surface area contributed by atoms with Gasteiger partial charge in [-0.15, -0.1) is 6.58 Å². The van der Waals surface area contributed by atoms with Crippen LogP contribution in [0.4, 0.5) is 0 Å². The number of unbranched alkanes of at least 4 members (excludes halogenated alkanes) is 2. The van der Waals surface area contributed by atoms with Crippen LogP contribution in [0.25, 0.3) is 0 Å². The van der Waals surface area contributed by atoms with Crippen molar-refractivity contribution in [3.05, 3.63) is 113 Å². The van der Waals surface area contributed by atoms with Gasteiger partial charge >= 0.3 is 0 Å². The number of aryl methyl sites for hydroxylation is 2. The fraction of sp³-hybridized carbons (Fsp3) is 0.547. The van der Waals surface area contributed by atoms with Crippen LogP contribution in [-0.2, 0) is 21.0 Å². The van der Waals surface area contributed by atoms with Crippen LogP contribution in [0.3, 0.4) is 0 Å². The molecule has 2 fully saturated rings. The predicted molar refractivity (Wildman–Crippen MR) is 245 cm³/mol. The average Bonchev–Trinajstić information content (AvgIpc) is 3.81. The number of benzene rings is 3. The number of fused-ring (bicyclic) bond motifs is 2. The van der Waals surface area contributed by atoms with E-state index in [2.05, 4.69) is 56.5 Å². The molecule has 0 radical (unpaired) electrons. The van der Waals surface area contributed by atoms with E-state index in [1.807, 2.05) is 48.5 Å². The maximum atomic E-state index is 14.8. The topological polar surface area (TPSA) is 110 Å². The number of oxime groups is 1. The van der Waals surface area contributed by atoms with Gasteiger partial charge in [0.05, 0.1) is 18.2 Å². The number of amides is 1. The summed E-state index contributed by atoms with van der Waals surface area (Å²) in [6, 6.07) is 21.9. The predicted octanol–water partition coefficient (Wildman–Crippen LogP) is 11.1. The highest BCUT2D eigenvalue weighted by molar-refractivity contribution is 6.03. The number of hydrogen-bond donors (Lipinski definition) is 2. The highest BCUT2D eigenvalue weighted by Gasteiger charge is 2.65. The summed E-state index contributed by atoms with van der Waals surface area (Å²) in [5, 5.41) is 25.0. The van der Waals surface area contributed by atoms with Gasteiger partial charge in [-0.25, -0.2) is 0 Å². The molecule has 3 aliphatic carbocycles. The van der Waals surface area contributed by atoms with Gasteiger partial charge in [0.25, 0.3) is 0 Å². The van der Waals surface area contributed by atoms with Crippen LogP contribution in [0.5, 0.6) is 17.2 Å². The van der Waals surface area contributed by atoms with Crippen molar-refractivity contribution in [1.29, 1.82) is 0 Å². The Morgan fingerprint density at radius 2 is 1.68 bits per heavy atom. The average molecular weight is 847 g/mol. The lowest BCUT2D eigenvalue weighted by molar-refractivity contribution is -0.257. The number of aliphatic hydroxyl groups excluding tert-OH is 2. The molecule has 1 amide bonds. The van der Waals surface area contributed by atoms with Gasteiger partial charge in [0.15, 0.2) is 0 Å². The number of ether oxygens (including phenoxy) is 3. The van der Waals surface area contributed by atoms with E-state index in [0.29, 0.717) is 38.3 Å². The number of hydrogen-bond acceptors (Lipinski definition) is 8. The molecule has 7 rings (SSSR count). The Bertz CT molecular complexity index is 2010. The van der Waals surface area contributed by atoms with Crippen molar-refractivity contribution in [3.8, 4) is 17.2 Å². The van der Waals surface area contributed by atoms with E-state index in [-0.39, 0.29) is 49.4 Å². The molecule has 1 aliphatic heterocycles. The minimum absolute atomic E-state index is 0.121. The normalized spacial score (nSPS) is 24.8. The Morgan fingerprint density at radius 1 is 0.935 bits per heavy atom. The quantitative estimate of drug-likeness (QED) is 0.0589. The first-order valence-electron chi connectivity index (χ1n) is 23.6. The lowest BCUT2D eigenvalue weighted by Gasteiger charge is -2.60. The largest absolute Gasteiger partial charge is 0.459 e. The summed E-state index contributed by atoms with van der Waals surface area (Å²) in [7, 11) is 0. The van der Waals surface area contributed by atoms with Gasteiger partial charge < -0.3 is 34.2 Å². The Hall–Kier alpha value is -4.44. The first kappa shape index (κ1) is 45.6. The number of rotatable bonds is 22. The van der Waals surface area contributed by atoms with Crippen molar-refractivity contribution in [2.24, 2.45) is 28.8 Å². The molecule has 9 heteroatoms. The van der Waals surface area contributed by atoms with Crippen LogP contribution in [0.1, 0.15) is 125 Å². The second-order valence-electron chi connectivity index (χ2n) is 18.2. The molecular formula is C53H70N2O7. The first-order valence-corrected chi connectivity index (χ1v) is 23.6. The lowest BCUT2D eigenvalue weighted by atomic mass is 9.55. The molecular weight excluding hydrogens is 777 g/mol. The molecule has 0 aromatic heterocycles. The van der Waals surface area contributed by atoms with Crippen molar-refractivity contribution in [3.63, 3.8) is 0 Å². The highest BCUT2D eigenvalue weighted by Crippen LogP contribution is 2.62. The van der Waals surface area contributed by atoms with E-state index in [9.17, 15) is 15.0 Å². The maximum absolute atomic E-state index is 14.8. The molecule has 2 saturated carbocycles. The number of allylic oxidation sites excluding steroid dienone is 1. The Kier molecular flexibility index (Phi) is 16.0. The van der Waals surface area contributed by atoms with Crippen LogP contribution in [-0.4, -0.2) is 64.9 Å². The molecule has 0 spiro atoms. The van der Waals surface area contributed by atoms with Crippen LogP contribution < -0.4 is 9.47 Å². The van der Waals surface area contributed by atoms with Crippen molar-refractivity contribution >= 4 is 11.6 Å². The fourth-order valence-corrected chi connectivity index (χ4v) is 10.8. The van der Waals surface area contributed by atoms with Crippen LogP contribution in [0, 0.1) is 37.5 Å². The van der Waals surface area contributed by atoms with Gasteiger partial charge in [0, 0.05) is 44.1 Å². The summed E-state index contributed by atoms with van der Waals surface area (Å²) in [6.45, 7) is 11.8. The SMILES string of the molecule is C=CCOC12Oc3ccc(Oc4ccc(C)c(C)c4)cc3C3C(CCCCO)C(CCCCO)C=C(C(=NOCc4ccccc4)CC1N(CCC)C(=O)CCC1CCCC1)C32. The molecule has 62 heavy (non-hydrogen) atoms. The second kappa shape index (κ2) is 21.8. The number of aliphatic hydroxyl groups is 2. The van der Waals surface area contributed by atoms with Crippen LogP contribution in [0.2, 0.25) is 0 Å². The standard InChI is InChI=1S/C53H70N2O7/c1-5-28-55(50(58)27-23-39-16-10-11-17-39)49-35-47(54-60-36-40-18-8-7-9-19-40)45-33-41(20-12-14-29-56)44(21-13-15-30-57)51-46-34-43(61-42-24-22-37(3)38(4)32-42)25-26-48(46)62-53(49,52(45)51)59-31-6-2/h6-9,18-19,22,24-26,32-34,39,41,44,49,51-52,56-57H,2,5,10-17,20-21,23,27-31,35-36H2,1,3-4H3. The van der Waals surface area contributed by atoms with Crippen LogP contribution in [0.15, 0.2) is 96.2 Å². The molecule has 334 valence electrons. The van der Waals surface area contributed by atoms with Crippen molar-refractivity contribution in [2.45, 2.75) is 135 Å². The molecule has 0 bridgehead atoms. The molecule has 0 saturated heterocycles. The third-order valence-electron chi connectivity index (χ3n) is 14.0. The summed E-state index contributed by atoms with van der Waals surface area (Å²) < 4.78 is 21.3. The van der Waals surface area contributed by atoms with Crippen LogP contribution >= 0.6 is 0 Å². The van der Waals surface area contributed by atoms with E-state index in [1.165, 1.54) is 31.2 Å². The monoisotopic (exact) mass is 847 g/mol.